The SMILES string of the molecule is S=C(c1ccc(-c2ccc(Cl)cc2)o1)N1CCN(c2cccc3ccccc23)CC1. The Bertz CT molecular complexity index is 1190. The fourth-order valence-corrected chi connectivity index (χ4v) is 4.43. The predicted octanol–water partition coefficient (Wildman–Crippen LogP) is 6.25. The molecule has 1 saturated heterocycles. The molecule has 3 nitrogen and oxygen atoms in total. The quantitative estimate of drug-likeness (QED) is 0.356. The molecular weight excluding hydrogens is 412 g/mol. The molecule has 1 fully saturated rings. The zero-order chi connectivity index (χ0) is 20.5. The third-order valence-electron chi connectivity index (χ3n) is 5.62. The lowest BCUT2D eigenvalue weighted by molar-refractivity contribution is 0.385. The van der Waals surface area contributed by atoms with Crippen LogP contribution >= 0.6 is 23.8 Å². The highest BCUT2D eigenvalue weighted by Crippen LogP contribution is 2.28. The minimum Gasteiger partial charge on any atom is -0.454 e. The molecule has 0 atom stereocenters. The van der Waals surface area contributed by atoms with Gasteiger partial charge in [0.2, 0.25) is 0 Å². The Morgan fingerprint density at radius 1 is 0.800 bits per heavy atom. The summed E-state index contributed by atoms with van der Waals surface area (Å²) in [4.78, 5) is 5.46. The highest BCUT2D eigenvalue weighted by molar-refractivity contribution is 7.80. The molecule has 1 aromatic heterocycles. The van der Waals surface area contributed by atoms with Crippen molar-refractivity contribution in [3.63, 3.8) is 0 Å². The number of anilines is 1. The molecule has 0 unspecified atom stereocenters. The number of halogens is 1. The standard InChI is InChI=1S/C25H21ClN2OS/c26-20-10-8-19(9-11-20)23-12-13-24(29-23)25(30)28-16-14-27(15-17-28)22-7-3-5-18-4-1-2-6-21(18)22/h1-13H,14-17H2. The number of thiocarbonyl (C=S) groups is 1. The van der Waals surface area contributed by atoms with Crippen molar-refractivity contribution < 1.29 is 4.42 Å². The second-order valence-corrected chi connectivity index (χ2v) is 8.27. The maximum Gasteiger partial charge on any atom is 0.162 e. The summed E-state index contributed by atoms with van der Waals surface area (Å²) in [6, 6.07) is 26.6. The molecule has 0 aliphatic carbocycles. The van der Waals surface area contributed by atoms with Crippen LogP contribution in [0.1, 0.15) is 5.76 Å². The summed E-state index contributed by atoms with van der Waals surface area (Å²) in [7, 11) is 0. The lowest BCUT2D eigenvalue weighted by Gasteiger charge is -2.37. The molecule has 0 amide bonds. The van der Waals surface area contributed by atoms with Crippen LogP contribution in [0.15, 0.2) is 83.3 Å². The van der Waals surface area contributed by atoms with Gasteiger partial charge in [-0.3, -0.25) is 0 Å². The topological polar surface area (TPSA) is 19.6 Å². The van der Waals surface area contributed by atoms with Gasteiger partial charge in [0.25, 0.3) is 0 Å². The summed E-state index contributed by atoms with van der Waals surface area (Å²) in [6.07, 6.45) is 0. The Morgan fingerprint density at radius 2 is 1.53 bits per heavy atom. The summed E-state index contributed by atoms with van der Waals surface area (Å²) in [5, 5.41) is 3.29. The Balaban J connectivity index is 1.29. The van der Waals surface area contributed by atoms with Crippen LogP contribution in [0.3, 0.4) is 0 Å². The van der Waals surface area contributed by atoms with E-state index < -0.39 is 0 Å². The number of hydrogen-bond donors (Lipinski definition) is 0. The van der Waals surface area contributed by atoms with Gasteiger partial charge >= 0.3 is 0 Å². The van der Waals surface area contributed by atoms with Crippen LogP contribution in [0.2, 0.25) is 5.02 Å². The van der Waals surface area contributed by atoms with Crippen LogP contribution in [0.25, 0.3) is 22.1 Å². The van der Waals surface area contributed by atoms with E-state index in [0.29, 0.717) is 5.02 Å². The highest BCUT2D eigenvalue weighted by Gasteiger charge is 2.22. The zero-order valence-electron chi connectivity index (χ0n) is 16.4. The van der Waals surface area contributed by atoms with Crippen molar-refractivity contribution in [2.45, 2.75) is 0 Å². The molecule has 0 bridgehead atoms. The van der Waals surface area contributed by atoms with E-state index in [1.807, 2.05) is 36.4 Å². The normalized spacial score (nSPS) is 14.3. The van der Waals surface area contributed by atoms with E-state index >= 15 is 0 Å². The first-order valence-corrected chi connectivity index (χ1v) is 10.9. The predicted molar refractivity (Wildman–Crippen MR) is 129 cm³/mol. The number of benzene rings is 3. The summed E-state index contributed by atoms with van der Waals surface area (Å²) < 4.78 is 6.05. The second kappa shape index (κ2) is 8.13. The molecule has 4 aromatic rings. The fraction of sp³-hybridized carbons (Fsp3) is 0.160. The third-order valence-corrected chi connectivity index (χ3v) is 6.33. The first-order chi connectivity index (χ1) is 14.7. The molecule has 1 aliphatic heterocycles. The van der Waals surface area contributed by atoms with Crippen molar-refractivity contribution in [3.8, 4) is 11.3 Å². The Morgan fingerprint density at radius 3 is 2.33 bits per heavy atom. The molecule has 3 aromatic carbocycles. The molecule has 5 rings (SSSR count). The van der Waals surface area contributed by atoms with E-state index in [-0.39, 0.29) is 0 Å². The molecule has 2 heterocycles. The molecule has 5 heteroatoms. The van der Waals surface area contributed by atoms with Gasteiger partial charge < -0.3 is 14.2 Å². The molecule has 0 radical (unpaired) electrons. The maximum atomic E-state index is 6.05. The van der Waals surface area contributed by atoms with Crippen LogP contribution in [-0.2, 0) is 0 Å². The Labute approximate surface area is 186 Å². The molecule has 150 valence electrons. The lowest BCUT2D eigenvalue weighted by atomic mass is 10.1. The van der Waals surface area contributed by atoms with Crippen LogP contribution in [0, 0.1) is 0 Å². The third kappa shape index (κ3) is 3.69. The van der Waals surface area contributed by atoms with Crippen molar-refractivity contribution in [2.24, 2.45) is 0 Å². The Kier molecular flexibility index (Phi) is 5.19. The lowest BCUT2D eigenvalue weighted by Crippen LogP contribution is -2.48. The zero-order valence-corrected chi connectivity index (χ0v) is 18.0. The summed E-state index contributed by atoms with van der Waals surface area (Å²) in [6.45, 7) is 3.61. The first kappa shape index (κ1) is 19.2. The van der Waals surface area contributed by atoms with Crippen molar-refractivity contribution in [2.75, 3.05) is 31.1 Å². The average Bonchev–Trinajstić information content (AvgIpc) is 3.29. The van der Waals surface area contributed by atoms with Gasteiger partial charge in [0, 0.05) is 47.8 Å². The molecule has 0 spiro atoms. The van der Waals surface area contributed by atoms with E-state index in [4.69, 9.17) is 28.2 Å². The van der Waals surface area contributed by atoms with Gasteiger partial charge in [0.15, 0.2) is 5.76 Å². The van der Waals surface area contributed by atoms with Crippen LogP contribution in [0.5, 0.6) is 0 Å². The second-order valence-electron chi connectivity index (χ2n) is 7.45. The largest absolute Gasteiger partial charge is 0.454 e. The molecular formula is C25H21ClN2OS. The number of hydrogen-bond acceptors (Lipinski definition) is 3. The average molecular weight is 433 g/mol. The minimum atomic E-state index is 0.713. The molecule has 0 N–H and O–H groups in total. The summed E-state index contributed by atoms with van der Waals surface area (Å²) in [5.74, 6) is 1.55. The molecule has 0 saturated carbocycles. The number of rotatable bonds is 3. The van der Waals surface area contributed by atoms with E-state index in [1.165, 1.54) is 16.5 Å². The van der Waals surface area contributed by atoms with Gasteiger partial charge in [-0.25, -0.2) is 0 Å². The van der Waals surface area contributed by atoms with Crippen molar-refractivity contribution in [1.82, 2.24) is 4.90 Å². The van der Waals surface area contributed by atoms with Gasteiger partial charge in [0.05, 0.1) is 0 Å². The van der Waals surface area contributed by atoms with Crippen molar-refractivity contribution in [3.05, 3.63) is 89.6 Å². The number of fused-ring (bicyclic) bond motifs is 1. The van der Waals surface area contributed by atoms with E-state index in [9.17, 15) is 0 Å². The number of nitrogens with zero attached hydrogens (tertiary/aromatic N) is 2. The monoisotopic (exact) mass is 432 g/mol. The van der Waals surface area contributed by atoms with Gasteiger partial charge in [0.1, 0.15) is 10.7 Å². The summed E-state index contributed by atoms with van der Waals surface area (Å²) >= 11 is 11.7. The van der Waals surface area contributed by atoms with Crippen LogP contribution in [-0.4, -0.2) is 36.1 Å². The van der Waals surface area contributed by atoms with E-state index in [2.05, 4.69) is 52.3 Å². The first-order valence-electron chi connectivity index (χ1n) is 10.1. The smallest absolute Gasteiger partial charge is 0.162 e. The van der Waals surface area contributed by atoms with Crippen molar-refractivity contribution in [1.29, 1.82) is 0 Å². The number of furan rings is 1. The highest BCUT2D eigenvalue weighted by atomic mass is 35.5. The van der Waals surface area contributed by atoms with Gasteiger partial charge in [-0.05, 0) is 47.9 Å². The van der Waals surface area contributed by atoms with Crippen LogP contribution in [0.4, 0.5) is 5.69 Å². The summed E-state index contributed by atoms with van der Waals surface area (Å²) in [5.41, 5.74) is 2.29. The molecule has 1 aliphatic rings. The van der Waals surface area contributed by atoms with Gasteiger partial charge in [-0.2, -0.15) is 0 Å². The van der Waals surface area contributed by atoms with E-state index in [1.54, 1.807) is 0 Å². The molecule has 30 heavy (non-hydrogen) atoms. The van der Waals surface area contributed by atoms with Gasteiger partial charge in [-0.1, -0.05) is 60.2 Å². The fourth-order valence-electron chi connectivity index (χ4n) is 4.01. The van der Waals surface area contributed by atoms with Crippen molar-refractivity contribution >= 4 is 45.3 Å². The minimum absolute atomic E-state index is 0.713. The Hall–Kier alpha value is -2.82. The van der Waals surface area contributed by atoms with Gasteiger partial charge in [-0.15, -0.1) is 0 Å². The van der Waals surface area contributed by atoms with Crippen LogP contribution < -0.4 is 4.90 Å². The number of piperazine rings is 1. The van der Waals surface area contributed by atoms with E-state index in [0.717, 1.165) is 48.3 Å². The maximum absolute atomic E-state index is 6.05.